The van der Waals surface area contributed by atoms with Gasteiger partial charge in [-0.15, -0.1) is 0 Å². The summed E-state index contributed by atoms with van der Waals surface area (Å²) in [5.74, 6) is -0.537. The normalized spacial score (nSPS) is 12.3. The van der Waals surface area contributed by atoms with Crippen molar-refractivity contribution in [2.24, 2.45) is 0 Å². The molecule has 0 saturated carbocycles. The van der Waals surface area contributed by atoms with Crippen molar-refractivity contribution in [3.05, 3.63) is 71.5 Å². The van der Waals surface area contributed by atoms with E-state index in [4.69, 9.17) is 9.57 Å². The van der Waals surface area contributed by atoms with Crippen molar-refractivity contribution in [3.63, 3.8) is 0 Å². The van der Waals surface area contributed by atoms with Crippen molar-refractivity contribution < 1.29 is 23.6 Å². The number of nitrogens with zero attached hydrogens (tertiary/aromatic N) is 1. The van der Waals surface area contributed by atoms with Crippen LogP contribution < -0.4 is 0 Å². The summed E-state index contributed by atoms with van der Waals surface area (Å²) in [4.78, 5) is 30.5. The van der Waals surface area contributed by atoms with E-state index in [0.29, 0.717) is 5.56 Å². The van der Waals surface area contributed by atoms with E-state index < -0.39 is 23.6 Å². The lowest BCUT2D eigenvalue weighted by atomic mass is 10.0. The summed E-state index contributed by atoms with van der Waals surface area (Å²) in [6.07, 6.45) is -0.696. The molecule has 0 spiro atoms. The molecule has 0 aliphatic rings. The largest absolute Gasteiger partial charge is 0.442 e. The predicted molar refractivity (Wildman–Crippen MR) is 104 cm³/mol. The number of halogens is 1. The van der Waals surface area contributed by atoms with Crippen LogP contribution in [-0.4, -0.2) is 22.5 Å². The van der Waals surface area contributed by atoms with Crippen LogP contribution in [0.4, 0.5) is 9.18 Å². The van der Waals surface area contributed by atoms with Crippen molar-refractivity contribution in [2.45, 2.75) is 52.4 Å². The highest BCUT2D eigenvalue weighted by atomic mass is 19.1. The van der Waals surface area contributed by atoms with Crippen LogP contribution in [0.2, 0.25) is 0 Å². The maximum Gasteiger partial charge on any atom is 0.435 e. The Bertz CT molecular complexity index is 784. The number of hydroxylamine groups is 2. The van der Waals surface area contributed by atoms with Crippen molar-refractivity contribution in [2.75, 3.05) is 0 Å². The number of amides is 1. The zero-order valence-electron chi connectivity index (χ0n) is 16.6. The van der Waals surface area contributed by atoms with Gasteiger partial charge in [0.1, 0.15) is 23.8 Å². The number of ether oxygens (including phenoxy) is 1. The second kappa shape index (κ2) is 9.46. The lowest BCUT2D eigenvalue weighted by Crippen LogP contribution is -2.40. The first-order valence-electron chi connectivity index (χ1n) is 9.09. The minimum Gasteiger partial charge on any atom is -0.442 e. The molecule has 0 radical (unpaired) electrons. The molecule has 0 aliphatic carbocycles. The first kappa shape index (κ1) is 21.6. The second-order valence-electron chi connectivity index (χ2n) is 7.54. The summed E-state index contributed by atoms with van der Waals surface area (Å²) < 4.78 is 18.8. The molecular weight excluding hydrogens is 361 g/mol. The van der Waals surface area contributed by atoms with Crippen LogP contribution in [0.25, 0.3) is 0 Å². The van der Waals surface area contributed by atoms with Gasteiger partial charge in [-0.2, -0.15) is 5.06 Å². The van der Waals surface area contributed by atoms with Crippen LogP contribution in [0.5, 0.6) is 0 Å². The van der Waals surface area contributed by atoms with Crippen LogP contribution in [0.3, 0.4) is 0 Å². The van der Waals surface area contributed by atoms with Gasteiger partial charge in [-0.3, -0.25) is 9.63 Å². The summed E-state index contributed by atoms with van der Waals surface area (Å²) in [7, 11) is 0. The van der Waals surface area contributed by atoms with E-state index in [2.05, 4.69) is 0 Å². The zero-order valence-corrected chi connectivity index (χ0v) is 16.6. The van der Waals surface area contributed by atoms with Crippen molar-refractivity contribution in [1.29, 1.82) is 0 Å². The number of carbonyl (C=O) groups is 2. The van der Waals surface area contributed by atoms with Crippen LogP contribution in [0.15, 0.2) is 54.6 Å². The van der Waals surface area contributed by atoms with Crippen LogP contribution in [-0.2, 0) is 21.0 Å². The lowest BCUT2D eigenvalue weighted by molar-refractivity contribution is -0.183. The molecule has 6 heteroatoms. The number of hydrogen-bond acceptors (Lipinski definition) is 4. The molecule has 2 rings (SSSR count). The number of carbonyl (C=O) groups excluding carboxylic acids is 2. The molecule has 0 aromatic heterocycles. The quantitative estimate of drug-likeness (QED) is 0.612. The van der Waals surface area contributed by atoms with Gasteiger partial charge in [0.2, 0.25) is 0 Å². The third kappa shape index (κ3) is 6.78. The van der Waals surface area contributed by atoms with Gasteiger partial charge in [0.05, 0.1) is 6.04 Å². The molecule has 0 heterocycles. The molecule has 0 bridgehead atoms. The number of hydrogen-bond donors (Lipinski definition) is 0. The lowest BCUT2D eigenvalue weighted by Gasteiger charge is -2.32. The van der Waals surface area contributed by atoms with E-state index in [1.165, 1.54) is 31.2 Å². The molecule has 0 fully saturated rings. The molecule has 0 unspecified atom stereocenters. The average Bonchev–Trinajstić information content (AvgIpc) is 2.61. The van der Waals surface area contributed by atoms with Gasteiger partial charge in [-0.1, -0.05) is 42.5 Å². The summed E-state index contributed by atoms with van der Waals surface area (Å²) in [6.45, 7) is 6.80. The Balaban J connectivity index is 2.34. The van der Waals surface area contributed by atoms with Crippen LogP contribution in [0.1, 0.15) is 51.3 Å². The zero-order chi connectivity index (χ0) is 20.7. The monoisotopic (exact) mass is 387 g/mol. The fourth-order valence-corrected chi connectivity index (χ4v) is 2.59. The molecule has 0 aliphatic heterocycles. The van der Waals surface area contributed by atoms with Crippen molar-refractivity contribution >= 4 is 11.9 Å². The summed E-state index contributed by atoms with van der Waals surface area (Å²) in [6, 6.07) is 14.2. The van der Waals surface area contributed by atoms with Gasteiger partial charge < -0.3 is 4.74 Å². The van der Waals surface area contributed by atoms with E-state index >= 15 is 0 Å². The molecule has 5 nitrogen and oxygen atoms in total. The van der Waals surface area contributed by atoms with E-state index in [1.54, 1.807) is 20.8 Å². The maximum atomic E-state index is 13.4. The smallest absolute Gasteiger partial charge is 0.435 e. The SMILES string of the molecule is CC(=O)C[C@@H](c1ccc(F)cc1)N(OCc1ccccc1)C(=O)OC(C)(C)C. The summed E-state index contributed by atoms with van der Waals surface area (Å²) >= 11 is 0. The molecule has 1 amide bonds. The topological polar surface area (TPSA) is 55.8 Å². The Morgan fingerprint density at radius 2 is 1.64 bits per heavy atom. The molecule has 0 N–H and O–H groups in total. The van der Waals surface area contributed by atoms with Gasteiger partial charge >= 0.3 is 6.09 Å². The molecule has 0 saturated heterocycles. The Morgan fingerprint density at radius 3 is 2.18 bits per heavy atom. The third-order valence-electron chi connectivity index (χ3n) is 3.81. The molecule has 2 aromatic rings. The van der Waals surface area contributed by atoms with Crippen LogP contribution >= 0.6 is 0 Å². The van der Waals surface area contributed by atoms with Crippen LogP contribution in [0, 0.1) is 5.82 Å². The Labute approximate surface area is 165 Å². The third-order valence-corrected chi connectivity index (χ3v) is 3.81. The molecule has 28 heavy (non-hydrogen) atoms. The first-order valence-corrected chi connectivity index (χ1v) is 9.09. The summed E-state index contributed by atoms with van der Waals surface area (Å²) in [5, 5.41) is 1.08. The minimum atomic E-state index is -0.741. The highest BCUT2D eigenvalue weighted by Crippen LogP contribution is 2.28. The maximum absolute atomic E-state index is 13.4. The predicted octanol–water partition coefficient (Wildman–Crippen LogP) is 5.21. The summed E-state index contributed by atoms with van der Waals surface area (Å²) in [5.41, 5.74) is 0.696. The van der Waals surface area contributed by atoms with E-state index in [1.807, 2.05) is 30.3 Å². The van der Waals surface area contributed by atoms with Gasteiger partial charge in [0, 0.05) is 6.42 Å². The van der Waals surface area contributed by atoms with E-state index in [0.717, 1.165) is 10.6 Å². The average molecular weight is 387 g/mol. The Kier molecular flexibility index (Phi) is 7.29. The highest BCUT2D eigenvalue weighted by molar-refractivity contribution is 5.77. The standard InChI is InChI=1S/C22H26FNO4/c1-16(25)14-20(18-10-12-19(23)13-11-18)24(21(26)28-22(2,3)4)27-15-17-8-6-5-7-9-17/h5-13,20H,14-15H2,1-4H3/t20-/m0/s1. The number of benzene rings is 2. The highest BCUT2D eigenvalue weighted by Gasteiger charge is 2.32. The van der Waals surface area contributed by atoms with Crippen molar-refractivity contribution in [1.82, 2.24) is 5.06 Å². The Morgan fingerprint density at radius 1 is 1.04 bits per heavy atom. The van der Waals surface area contributed by atoms with Crippen molar-refractivity contribution in [3.8, 4) is 0 Å². The fourth-order valence-electron chi connectivity index (χ4n) is 2.59. The van der Waals surface area contributed by atoms with E-state index in [9.17, 15) is 14.0 Å². The second-order valence-corrected chi connectivity index (χ2v) is 7.54. The van der Waals surface area contributed by atoms with Gasteiger partial charge in [-0.05, 0) is 51.0 Å². The minimum absolute atomic E-state index is 0.0136. The van der Waals surface area contributed by atoms with Gasteiger partial charge in [0.25, 0.3) is 0 Å². The number of Topliss-reactive ketones (excluding diaryl/α,β-unsaturated/α-hetero) is 1. The number of rotatable bonds is 7. The fraction of sp³-hybridized carbons (Fsp3) is 0.364. The molecule has 2 aromatic carbocycles. The van der Waals surface area contributed by atoms with E-state index in [-0.39, 0.29) is 18.8 Å². The number of ketones is 1. The first-order chi connectivity index (χ1) is 13.2. The van der Waals surface area contributed by atoms with Gasteiger partial charge in [-0.25, -0.2) is 9.18 Å². The van der Waals surface area contributed by atoms with Gasteiger partial charge in [0.15, 0.2) is 0 Å². The molecule has 1 atom stereocenters. The molecule has 150 valence electrons. The Hall–Kier alpha value is -2.73. The molecular formula is C22H26FNO4.